The van der Waals surface area contributed by atoms with Gasteiger partial charge in [0.05, 0.1) is 17.2 Å². The summed E-state index contributed by atoms with van der Waals surface area (Å²) >= 11 is 11.9. The minimum Gasteiger partial charge on any atom is -0.370 e. The number of benzodiazepines with no additional fused rings is 1. The van der Waals surface area contributed by atoms with E-state index in [2.05, 4.69) is 10.6 Å². The number of anilines is 1. The van der Waals surface area contributed by atoms with Gasteiger partial charge in [0.25, 0.3) is 5.91 Å². The SMILES string of the molecule is CC(=N)NC1CCN(C(=S)NC2N=C(c3ccccc3)c3cc(Cl)ccc3N(C)C2=O)C1. The van der Waals surface area contributed by atoms with Crippen molar-refractivity contribution in [2.75, 3.05) is 25.0 Å². The average molecular weight is 469 g/mol. The number of aliphatic imine (C=N–C) groups is 1. The number of likely N-dealkylation sites (tertiary alicyclic amines) is 1. The van der Waals surface area contributed by atoms with E-state index in [9.17, 15) is 4.79 Å². The monoisotopic (exact) mass is 468 g/mol. The Bertz CT molecular complexity index is 1090. The van der Waals surface area contributed by atoms with E-state index in [-0.39, 0.29) is 11.9 Å². The predicted octanol–water partition coefficient (Wildman–Crippen LogP) is 3.02. The van der Waals surface area contributed by atoms with Crippen molar-refractivity contribution >= 4 is 52.1 Å². The number of thiocarbonyl (C=S) groups is 1. The number of carbonyl (C=O) groups excluding carboxylic acids is 1. The summed E-state index contributed by atoms with van der Waals surface area (Å²) in [7, 11) is 1.74. The second-order valence-corrected chi connectivity index (χ2v) is 8.78. The molecule has 2 aliphatic heterocycles. The number of amidine groups is 1. The van der Waals surface area contributed by atoms with Gasteiger partial charge in [0.2, 0.25) is 6.17 Å². The van der Waals surface area contributed by atoms with Crippen LogP contribution in [0.3, 0.4) is 0 Å². The second-order valence-electron chi connectivity index (χ2n) is 7.96. The van der Waals surface area contributed by atoms with Crippen molar-refractivity contribution in [1.29, 1.82) is 5.41 Å². The van der Waals surface area contributed by atoms with Gasteiger partial charge in [-0.05, 0) is 43.8 Å². The average Bonchev–Trinajstić information content (AvgIpc) is 3.20. The summed E-state index contributed by atoms with van der Waals surface area (Å²) in [5.41, 5.74) is 3.11. The zero-order valence-corrected chi connectivity index (χ0v) is 19.5. The maximum Gasteiger partial charge on any atom is 0.272 e. The molecule has 2 aromatic rings. The second kappa shape index (κ2) is 9.26. The molecule has 32 heavy (non-hydrogen) atoms. The van der Waals surface area contributed by atoms with E-state index in [0.29, 0.717) is 28.2 Å². The largest absolute Gasteiger partial charge is 0.370 e. The van der Waals surface area contributed by atoms with Gasteiger partial charge in [-0.15, -0.1) is 0 Å². The molecular weight excluding hydrogens is 444 g/mol. The number of rotatable bonds is 3. The van der Waals surface area contributed by atoms with Crippen LogP contribution in [0, 0.1) is 5.41 Å². The first-order valence-corrected chi connectivity index (χ1v) is 11.2. The molecular formula is C23H25ClN6OS. The van der Waals surface area contributed by atoms with Crippen LogP contribution in [0.15, 0.2) is 53.5 Å². The van der Waals surface area contributed by atoms with E-state index in [0.717, 1.165) is 29.8 Å². The highest BCUT2D eigenvalue weighted by atomic mass is 35.5. The van der Waals surface area contributed by atoms with Crippen LogP contribution in [0.1, 0.15) is 24.5 Å². The summed E-state index contributed by atoms with van der Waals surface area (Å²) in [5, 5.41) is 15.0. The molecule has 2 aromatic carbocycles. The summed E-state index contributed by atoms with van der Waals surface area (Å²) in [6.07, 6.45) is 0.00400. The van der Waals surface area contributed by atoms with E-state index >= 15 is 0 Å². The molecule has 0 radical (unpaired) electrons. The van der Waals surface area contributed by atoms with Gasteiger partial charge in [-0.2, -0.15) is 0 Å². The van der Waals surface area contributed by atoms with Crippen LogP contribution in [-0.2, 0) is 4.79 Å². The summed E-state index contributed by atoms with van der Waals surface area (Å²) in [4.78, 5) is 21.8. The maximum absolute atomic E-state index is 13.3. The van der Waals surface area contributed by atoms with Crippen molar-refractivity contribution < 1.29 is 4.79 Å². The lowest BCUT2D eigenvalue weighted by Crippen LogP contribution is -2.50. The molecule has 1 fully saturated rings. The van der Waals surface area contributed by atoms with Crippen LogP contribution >= 0.6 is 23.8 Å². The third kappa shape index (κ3) is 4.61. The molecule has 9 heteroatoms. The van der Waals surface area contributed by atoms with Crippen LogP contribution in [0.4, 0.5) is 5.69 Å². The number of nitrogens with zero attached hydrogens (tertiary/aromatic N) is 3. The number of hydrogen-bond donors (Lipinski definition) is 3. The standard InChI is InChI=1S/C23H25ClN6OS/c1-14(25)26-17-10-11-30(13-17)23(32)28-21-22(31)29(2)19-9-8-16(24)12-18(19)20(27-21)15-6-4-3-5-7-15/h3-9,12,17,21H,10-11,13H2,1-2H3,(H2,25,26)(H,28,32). The fourth-order valence-electron chi connectivity index (χ4n) is 4.04. The van der Waals surface area contributed by atoms with E-state index in [4.69, 9.17) is 34.2 Å². The normalized spacial score (nSPS) is 20.3. The smallest absolute Gasteiger partial charge is 0.272 e. The van der Waals surface area contributed by atoms with Crippen molar-refractivity contribution in [3.05, 3.63) is 64.7 Å². The molecule has 3 N–H and O–H groups in total. The molecule has 2 heterocycles. The maximum atomic E-state index is 13.3. The molecule has 2 unspecified atom stereocenters. The van der Waals surface area contributed by atoms with Gasteiger partial charge in [-0.3, -0.25) is 10.2 Å². The summed E-state index contributed by atoms with van der Waals surface area (Å²) in [6, 6.07) is 15.4. The van der Waals surface area contributed by atoms with Crippen LogP contribution in [0.25, 0.3) is 0 Å². The van der Waals surface area contributed by atoms with Crippen molar-refractivity contribution in [3.8, 4) is 0 Å². The van der Waals surface area contributed by atoms with Gasteiger partial charge >= 0.3 is 0 Å². The van der Waals surface area contributed by atoms with Crippen molar-refractivity contribution in [2.45, 2.75) is 25.6 Å². The highest BCUT2D eigenvalue weighted by Gasteiger charge is 2.32. The predicted molar refractivity (Wildman–Crippen MR) is 133 cm³/mol. The van der Waals surface area contributed by atoms with Crippen molar-refractivity contribution in [3.63, 3.8) is 0 Å². The van der Waals surface area contributed by atoms with E-state index in [1.807, 2.05) is 47.4 Å². The molecule has 0 aliphatic carbocycles. The first kappa shape index (κ1) is 22.2. The number of amides is 1. The van der Waals surface area contributed by atoms with Gasteiger partial charge in [-0.25, -0.2) is 4.99 Å². The minimum atomic E-state index is -0.870. The lowest BCUT2D eigenvalue weighted by molar-refractivity contribution is -0.119. The lowest BCUT2D eigenvalue weighted by Gasteiger charge is -2.25. The van der Waals surface area contributed by atoms with Gasteiger partial charge in [0.1, 0.15) is 0 Å². The number of carbonyl (C=O) groups is 1. The quantitative estimate of drug-likeness (QED) is 0.366. The zero-order chi connectivity index (χ0) is 22.8. The Hall–Kier alpha value is -2.97. The van der Waals surface area contributed by atoms with Crippen LogP contribution < -0.4 is 15.5 Å². The number of halogens is 1. The number of benzene rings is 2. The molecule has 0 bridgehead atoms. The van der Waals surface area contributed by atoms with Crippen molar-refractivity contribution in [1.82, 2.24) is 15.5 Å². The lowest BCUT2D eigenvalue weighted by atomic mass is 10.0. The molecule has 1 amide bonds. The summed E-state index contributed by atoms with van der Waals surface area (Å²) in [6.45, 7) is 3.14. The molecule has 0 saturated carbocycles. The van der Waals surface area contributed by atoms with Crippen molar-refractivity contribution in [2.24, 2.45) is 4.99 Å². The van der Waals surface area contributed by atoms with E-state index in [1.165, 1.54) is 0 Å². The van der Waals surface area contributed by atoms with Crippen LogP contribution in [0.2, 0.25) is 5.02 Å². The molecule has 2 atom stereocenters. The van der Waals surface area contributed by atoms with E-state index < -0.39 is 6.17 Å². The van der Waals surface area contributed by atoms with Gasteiger partial charge in [0.15, 0.2) is 5.11 Å². The first-order chi connectivity index (χ1) is 15.3. The Balaban J connectivity index is 1.65. The van der Waals surface area contributed by atoms with Gasteiger partial charge in [-0.1, -0.05) is 41.9 Å². The molecule has 166 valence electrons. The number of nitrogens with one attached hydrogen (secondary N) is 3. The summed E-state index contributed by atoms with van der Waals surface area (Å²) in [5.74, 6) is 0.232. The number of hydrogen-bond acceptors (Lipinski definition) is 4. The number of fused-ring (bicyclic) bond motifs is 1. The molecule has 2 aliphatic rings. The Kier molecular flexibility index (Phi) is 6.43. The van der Waals surface area contributed by atoms with E-state index in [1.54, 1.807) is 24.9 Å². The van der Waals surface area contributed by atoms with Crippen LogP contribution in [-0.4, -0.2) is 59.8 Å². The molecule has 4 rings (SSSR count). The number of likely N-dealkylation sites (N-methyl/N-ethyl adjacent to an activating group) is 1. The Labute approximate surface area is 198 Å². The third-order valence-corrected chi connectivity index (χ3v) is 6.21. The topological polar surface area (TPSA) is 83.8 Å². The molecule has 1 saturated heterocycles. The highest BCUT2D eigenvalue weighted by Crippen LogP contribution is 2.30. The fraction of sp³-hybridized carbons (Fsp3) is 0.304. The Morgan fingerprint density at radius 2 is 1.97 bits per heavy atom. The molecule has 0 aromatic heterocycles. The van der Waals surface area contributed by atoms with Gasteiger partial charge < -0.3 is 20.4 Å². The first-order valence-electron chi connectivity index (χ1n) is 10.4. The molecule has 0 spiro atoms. The molecule has 7 nitrogen and oxygen atoms in total. The summed E-state index contributed by atoms with van der Waals surface area (Å²) < 4.78 is 0. The minimum absolute atomic E-state index is 0.162. The highest BCUT2D eigenvalue weighted by molar-refractivity contribution is 7.80. The Morgan fingerprint density at radius 3 is 2.69 bits per heavy atom. The van der Waals surface area contributed by atoms with Gasteiger partial charge in [0, 0.05) is 42.3 Å². The zero-order valence-electron chi connectivity index (χ0n) is 17.9. The Morgan fingerprint density at radius 1 is 1.22 bits per heavy atom. The van der Waals surface area contributed by atoms with Crippen LogP contribution in [0.5, 0.6) is 0 Å². The third-order valence-electron chi connectivity index (χ3n) is 5.60. The fourth-order valence-corrected chi connectivity index (χ4v) is 4.49.